The second-order valence-corrected chi connectivity index (χ2v) is 9.93. The minimum atomic E-state index is -0.436. The van der Waals surface area contributed by atoms with Gasteiger partial charge < -0.3 is 25.8 Å². The fraction of sp³-hybridized carbons (Fsp3) is 0.542. The average molecular weight is 489 g/mol. The number of likely N-dealkylation sites (tertiary alicyclic amines) is 1. The number of aromatic nitrogens is 2. The molecule has 0 radical (unpaired) electrons. The van der Waals surface area contributed by atoms with Gasteiger partial charge in [0.25, 0.3) is 5.91 Å². The summed E-state index contributed by atoms with van der Waals surface area (Å²) in [5.41, 5.74) is 8.30. The summed E-state index contributed by atoms with van der Waals surface area (Å²) in [7, 11) is 1.68. The van der Waals surface area contributed by atoms with Crippen molar-refractivity contribution in [2.24, 2.45) is 0 Å². The normalized spacial score (nSPS) is 21.6. The van der Waals surface area contributed by atoms with Gasteiger partial charge in [-0.1, -0.05) is 11.6 Å². The maximum absolute atomic E-state index is 13.3. The smallest absolute Gasteiger partial charge is 0.255 e. The fourth-order valence-electron chi connectivity index (χ4n) is 4.65. The largest absolute Gasteiger partial charge is 0.486 e. The molecule has 1 amide bonds. The van der Waals surface area contributed by atoms with Gasteiger partial charge in [-0.25, -0.2) is 4.98 Å². The SMILES string of the molecule is COC1CN(CCNc2nccnc2C)CCC1NC(=O)c1cc(Cl)c(N)c2c1OC(C)(C)C2. The topological polar surface area (TPSA) is 115 Å². The van der Waals surface area contributed by atoms with Crippen molar-refractivity contribution in [2.75, 3.05) is 44.3 Å². The molecule has 184 valence electrons. The summed E-state index contributed by atoms with van der Waals surface area (Å²) in [6.45, 7) is 9.01. The van der Waals surface area contributed by atoms with E-state index in [9.17, 15) is 4.79 Å². The number of ether oxygens (including phenoxy) is 2. The molecule has 0 aliphatic carbocycles. The van der Waals surface area contributed by atoms with E-state index in [-0.39, 0.29) is 18.1 Å². The first kappa shape index (κ1) is 24.5. The van der Waals surface area contributed by atoms with Gasteiger partial charge in [0.15, 0.2) is 0 Å². The highest BCUT2D eigenvalue weighted by Gasteiger charge is 2.37. The number of nitrogens with two attached hydrogens (primary N) is 1. The Morgan fingerprint density at radius 2 is 2.15 bits per heavy atom. The Hall–Kier alpha value is -2.62. The Kier molecular flexibility index (Phi) is 7.16. The Labute approximate surface area is 205 Å². The van der Waals surface area contributed by atoms with Crippen LogP contribution in [0.4, 0.5) is 11.5 Å². The molecule has 2 unspecified atom stereocenters. The fourth-order valence-corrected chi connectivity index (χ4v) is 4.87. The zero-order valence-electron chi connectivity index (χ0n) is 20.2. The van der Waals surface area contributed by atoms with Crippen molar-refractivity contribution in [1.82, 2.24) is 20.2 Å². The Bertz CT molecular complexity index is 1060. The zero-order chi connectivity index (χ0) is 24.5. The van der Waals surface area contributed by atoms with Gasteiger partial charge in [0, 0.05) is 57.7 Å². The maximum atomic E-state index is 13.3. The number of rotatable bonds is 7. The van der Waals surface area contributed by atoms with Crippen LogP contribution in [-0.4, -0.2) is 71.8 Å². The number of benzene rings is 1. The number of methoxy groups -OCH3 is 1. The van der Waals surface area contributed by atoms with Gasteiger partial charge in [0.1, 0.15) is 17.2 Å². The summed E-state index contributed by atoms with van der Waals surface area (Å²) in [4.78, 5) is 24.2. The molecule has 2 aliphatic rings. The third-order valence-electron chi connectivity index (χ3n) is 6.46. The molecule has 9 nitrogen and oxygen atoms in total. The minimum absolute atomic E-state index is 0.120. The van der Waals surface area contributed by atoms with E-state index in [0.29, 0.717) is 35.0 Å². The molecule has 1 fully saturated rings. The van der Waals surface area contributed by atoms with E-state index in [0.717, 1.165) is 43.1 Å². The van der Waals surface area contributed by atoms with Gasteiger partial charge in [-0.15, -0.1) is 0 Å². The first-order valence-corrected chi connectivity index (χ1v) is 11.9. The molecule has 2 aliphatic heterocycles. The predicted molar refractivity (Wildman–Crippen MR) is 133 cm³/mol. The van der Waals surface area contributed by atoms with Gasteiger partial charge >= 0.3 is 0 Å². The number of carbonyl (C=O) groups is 1. The quantitative estimate of drug-likeness (QED) is 0.509. The number of fused-ring (bicyclic) bond motifs is 1. The molecule has 1 saturated heterocycles. The van der Waals surface area contributed by atoms with Crippen LogP contribution in [0.25, 0.3) is 0 Å². The van der Waals surface area contributed by atoms with Crippen LogP contribution in [0.15, 0.2) is 18.5 Å². The molecule has 2 aromatic rings. The number of nitrogens with one attached hydrogen (secondary N) is 2. The van der Waals surface area contributed by atoms with E-state index in [1.165, 1.54) is 0 Å². The number of hydrogen-bond donors (Lipinski definition) is 3. The number of hydrogen-bond acceptors (Lipinski definition) is 8. The van der Waals surface area contributed by atoms with Crippen LogP contribution in [0.3, 0.4) is 0 Å². The molecule has 1 aromatic heterocycles. The molecule has 34 heavy (non-hydrogen) atoms. The lowest BCUT2D eigenvalue weighted by Crippen LogP contribution is -2.55. The van der Waals surface area contributed by atoms with Crippen molar-refractivity contribution in [3.05, 3.63) is 40.3 Å². The number of piperidine rings is 1. The van der Waals surface area contributed by atoms with E-state index in [1.807, 2.05) is 20.8 Å². The van der Waals surface area contributed by atoms with Crippen LogP contribution < -0.4 is 21.1 Å². The van der Waals surface area contributed by atoms with Crippen LogP contribution in [0.1, 0.15) is 41.9 Å². The van der Waals surface area contributed by atoms with Crippen molar-refractivity contribution >= 4 is 29.0 Å². The Morgan fingerprint density at radius 1 is 1.38 bits per heavy atom. The van der Waals surface area contributed by atoms with Crippen LogP contribution in [-0.2, 0) is 11.2 Å². The van der Waals surface area contributed by atoms with Gasteiger partial charge in [-0.2, -0.15) is 0 Å². The van der Waals surface area contributed by atoms with Crippen LogP contribution in [0.2, 0.25) is 5.02 Å². The van der Waals surface area contributed by atoms with Crippen molar-refractivity contribution in [2.45, 2.75) is 51.4 Å². The van der Waals surface area contributed by atoms with Crippen molar-refractivity contribution in [1.29, 1.82) is 0 Å². The number of amides is 1. The summed E-state index contributed by atoms with van der Waals surface area (Å²) in [6, 6.07) is 1.48. The standard InChI is InChI=1S/C24H33ClN6O3/c1-14-22(28-7-6-27-14)29-8-10-31-9-5-18(19(13-31)33-4)30-23(32)15-11-17(25)20(26)16-12-24(2,3)34-21(15)16/h6-7,11,18-19H,5,8-10,12-13,26H2,1-4H3,(H,28,29)(H,30,32). The number of anilines is 2. The second-order valence-electron chi connectivity index (χ2n) is 9.53. The van der Waals surface area contributed by atoms with Gasteiger partial charge in [-0.05, 0) is 33.3 Å². The minimum Gasteiger partial charge on any atom is -0.486 e. The second kappa shape index (κ2) is 9.93. The lowest BCUT2D eigenvalue weighted by atomic mass is 9.97. The molecule has 0 saturated carbocycles. The van der Waals surface area contributed by atoms with E-state index >= 15 is 0 Å². The Balaban J connectivity index is 1.37. The van der Waals surface area contributed by atoms with E-state index < -0.39 is 5.60 Å². The zero-order valence-corrected chi connectivity index (χ0v) is 20.9. The first-order valence-electron chi connectivity index (χ1n) is 11.6. The lowest BCUT2D eigenvalue weighted by molar-refractivity contribution is 0.00758. The highest BCUT2D eigenvalue weighted by molar-refractivity contribution is 6.33. The van der Waals surface area contributed by atoms with Gasteiger partial charge in [-0.3, -0.25) is 14.7 Å². The number of aryl methyl sites for hydroxylation is 1. The molecule has 4 rings (SSSR count). The molecule has 3 heterocycles. The van der Waals surface area contributed by atoms with E-state index in [4.69, 9.17) is 26.8 Å². The molecular formula is C24H33ClN6O3. The van der Waals surface area contributed by atoms with E-state index in [2.05, 4.69) is 25.5 Å². The molecule has 4 N–H and O–H groups in total. The summed E-state index contributed by atoms with van der Waals surface area (Å²) in [5.74, 6) is 1.10. The molecule has 0 spiro atoms. The van der Waals surface area contributed by atoms with Gasteiger partial charge in [0.2, 0.25) is 0 Å². The highest BCUT2D eigenvalue weighted by Crippen LogP contribution is 2.44. The van der Waals surface area contributed by atoms with Crippen LogP contribution >= 0.6 is 11.6 Å². The third-order valence-corrected chi connectivity index (χ3v) is 6.77. The highest BCUT2D eigenvalue weighted by atomic mass is 35.5. The maximum Gasteiger partial charge on any atom is 0.255 e. The number of nitrogens with zero attached hydrogens (tertiary/aromatic N) is 3. The van der Waals surface area contributed by atoms with Crippen LogP contribution in [0.5, 0.6) is 5.75 Å². The molecule has 1 aromatic carbocycles. The van der Waals surface area contributed by atoms with Gasteiger partial charge in [0.05, 0.1) is 34.1 Å². The number of carbonyl (C=O) groups excluding carboxylic acids is 1. The van der Waals surface area contributed by atoms with Crippen LogP contribution in [0, 0.1) is 6.92 Å². The summed E-state index contributed by atoms with van der Waals surface area (Å²) in [6.07, 6.45) is 4.61. The summed E-state index contributed by atoms with van der Waals surface area (Å²) >= 11 is 6.35. The van der Waals surface area contributed by atoms with Crippen molar-refractivity contribution in [3.63, 3.8) is 0 Å². The van der Waals surface area contributed by atoms with E-state index in [1.54, 1.807) is 25.6 Å². The summed E-state index contributed by atoms with van der Waals surface area (Å²) < 4.78 is 11.8. The number of nitrogen functional groups attached to an aromatic ring is 1. The average Bonchev–Trinajstić information content (AvgIpc) is 3.13. The van der Waals surface area contributed by atoms with Crippen molar-refractivity contribution in [3.8, 4) is 5.75 Å². The monoisotopic (exact) mass is 488 g/mol. The first-order chi connectivity index (χ1) is 16.2. The Morgan fingerprint density at radius 3 is 2.88 bits per heavy atom. The molecule has 10 heteroatoms. The predicted octanol–water partition coefficient (Wildman–Crippen LogP) is 2.67. The third kappa shape index (κ3) is 5.21. The summed E-state index contributed by atoms with van der Waals surface area (Å²) in [5, 5.41) is 6.85. The molecule has 0 bridgehead atoms. The molecular weight excluding hydrogens is 456 g/mol. The lowest BCUT2D eigenvalue weighted by Gasteiger charge is -2.38. The van der Waals surface area contributed by atoms with Crippen molar-refractivity contribution < 1.29 is 14.3 Å². The molecule has 2 atom stereocenters. The number of halogens is 1.